The number of phenolic OH excluding ortho intramolecular Hbond substituents is 1. The molecule has 6 heteroatoms. The molecule has 144 valence electrons. The highest BCUT2D eigenvalue weighted by atomic mass is 32.2. The maximum atomic E-state index is 12.9. The Labute approximate surface area is 161 Å². The molecular weight excluding hydrogens is 360 g/mol. The van der Waals surface area contributed by atoms with Crippen LogP contribution in [0.25, 0.3) is 0 Å². The first-order valence-electron chi connectivity index (χ1n) is 9.61. The zero-order chi connectivity index (χ0) is 18.9. The maximum absolute atomic E-state index is 12.9. The molecule has 2 saturated heterocycles. The number of hydrogen-bond acceptors (Lipinski definition) is 5. The number of nitrogens with zero attached hydrogens (tertiary/aromatic N) is 2. The molecule has 0 aliphatic carbocycles. The molecule has 2 aliphatic heterocycles. The summed E-state index contributed by atoms with van der Waals surface area (Å²) in [4.78, 5) is 5.09. The van der Waals surface area contributed by atoms with Crippen molar-refractivity contribution in [3.05, 3.63) is 54.6 Å². The second kappa shape index (κ2) is 7.52. The van der Waals surface area contributed by atoms with Gasteiger partial charge in [-0.15, -0.1) is 0 Å². The molecule has 0 saturated carbocycles. The standard InChI is InChI=1S/C21H26N2O3S/c24-19-6-8-20(9-7-19)27(25,26)21-12-15-23(16-21)18-10-13-22(14-11-18)17-4-2-1-3-5-17/h1-9,18,21,24H,10-16H2. The Morgan fingerprint density at radius 2 is 1.52 bits per heavy atom. The predicted octanol–water partition coefficient (Wildman–Crippen LogP) is 2.91. The molecule has 1 atom stereocenters. The number of rotatable bonds is 4. The first kappa shape index (κ1) is 18.3. The third-order valence-electron chi connectivity index (χ3n) is 5.88. The monoisotopic (exact) mass is 386 g/mol. The molecule has 2 fully saturated rings. The van der Waals surface area contributed by atoms with Crippen LogP contribution in [0, 0.1) is 0 Å². The van der Waals surface area contributed by atoms with Gasteiger partial charge in [0.15, 0.2) is 9.84 Å². The van der Waals surface area contributed by atoms with Gasteiger partial charge in [0, 0.05) is 31.4 Å². The van der Waals surface area contributed by atoms with Crippen LogP contribution < -0.4 is 4.90 Å². The van der Waals surface area contributed by atoms with Crippen molar-refractivity contribution in [2.45, 2.75) is 35.4 Å². The number of anilines is 1. The van der Waals surface area contributed by atoms with Gasteiger partial charge in [-0.25, -0.2) is 8.42 Å². The summed E-state index contributed by atoms with van der Waals surface area (Å²) in [5.74, 6) is 0.0900. The van der Waals surface area contributed by atoms with Crippen molar-refractivity contribution in [1.82, 2.24) is 4.90 Å². The number of piperidine rings is 1. The van der Waals surface area contributed by atoms with E-state index in [1.165, 1.54) is 30.0 Å². The molecule has 2 aliphatic rings. The molecule has 5 nitrogen and oxygen atoms in total. The second-order valence-electron chi connectivity index (χ2n) is 7.50. The number of phenols is 1. The van der Waals surface area contributed by atoms with E-state index in [4.69, 9.17) is 0 Å². The van der Waals surface area contributed by atoms with Gasteiger partial charge in [0.2, 0.25) is 0 Å². The van der Waals surface area contributed by atoms with Gasteiger partial charge in [0.1, 0.15) is 5.75 Å². The van der Waals surface area contributed by atoms with Crippen molar-refractivity contribution in [1.29, 1.82) is 0 Å². The van der Waals surface area contributed by atoms with Gasteiger partial charge in [-0.05, 0) is 62.2 Å². The van der Waals surface area contributed by atoms with Gasteiger partial charge in [-0.3, -0.25) is 4.90 Å². The zero-order valence-electron chi connectivity index (χ0n) is 15.4. The van der Waals surface area contributed by atoms with E-state index in [0.717, 1.165) is 32.5 Å². The molecule has 0 aromatic heterocycles. The molecule has 0 radical (unpaired) electrons. The Hall–Kier alpha value is -2.05. The normalized spacial score (nSPS) is 22.2. The van der Waals surface area contributed by atoms with E-state index < -0.39 is 9.84 Å². The third-order valence-corrected chi connectivity index (χ3v) is 8.07. The van der Waals surface area contributed by atoms with Gasteiger partial charge in [0.05, 0.1) is 10.1 Å². The average Bonchev–Trinajstić information content (AvgIpc) is 3.20. The van der Waals surface area contributed by atoms with Crippen LogP contribution >= 0.6 is 0 Å². The first-order chi connectivity index (χ1) is 13.0. The fourth-order valence-corrected chi connectivity index (χ4v) is 6.00. The lowest BCUT2D eigenvalue weighted by atomic mass is 10.0. The molecule has 2 aromatic rings. The van der Waals surface area contributed by atoms with E-state index in [1.54, 1.807) is 0 Å². The maximum Gasteiger partial charge on any atom is 0.182 e. The minimum absolute atomic E-state index is 0.0900. The van der Waals surface area contributed by atoms with E-state index in [9.17, 15) is 13.5 Å². The van der Waals surface area contributed by atoms with Crippen molar-refractivity contribution < 1.29 is 13.5 Å². The van der Waals surface area contributed by atoms with Crippen molar-refractivity contribution >= 4 is 15.5 Å². The van der Waals surface area contributed by atoms with Crippen LogP contribution in [0.2, 0.25) is 0 Å². The fourth-order valence-electron chi connectivity index (χ4n) is 4.30. The van der Waals surface area contributed by atoms with Crippen LogP contribution in [-0.4, -0.2) is 55.9 Å². The minimum Gasteiger partial charge on any atom is -0.508 e. The van der Waals surface area contributed by atoms with Crippen LogP contribution in [0.3, 0.4) is 0 Å². The lowest BCUT2D eigenvalue weighted by molar-refractivity contribution is 0.208. The molecule has 27 heavy (non-hydrogen) atoms. The summed E-state index contributed by atoms with van der Waals surface area (Å²) in [5, 5.41) is 9.04. The number of benzene rings is 2. The Bertz CT molecular complexity index is 860. The lowest BCUT2D eigenvalue weighted by Gasteiger charge is -2.38. The zero-order valence-corrected chi connectivity index (χ0v) is 16.2. The van der Waals surface area contributed by atoms with E-state index in [1.807, 2.05) is 6.07 Å². The SMILES string of the molecule is O=S(=O)(c1ccc(O)cc1)C1CCN(C2CCN(c3ccccc3)CC2)C1. The van der Waals surface area contributed by atoms with E-state index in [0.29, 0.717) is 23.9 Å². The fraction of sp³-hybridized carbons (Fsp3) is 0.429. The van der Waals surface area contributed by atoms with Crippen LogP contribution in [0.4, 0.5) is 5.69 Å². The Kier molecular flexibility index (Phi) is 5.10. The number of para-hydroxylation sites is 1. The Morgan fingerprint density at radius 1 is 0.852 bits per heavy atom. The summed E-state index contributed by atoms with van der Waals surface area (Å²) in [5.41, 5.74) is 1.27. The summed E-state index contributed by atoms with van der Waals surface area (Å²) in [6.45, 7) is 3.48. The molecule has 1 unspecified atom stereocenters. The molecule has 4 rings (SSSR count). The first-order valence-corrected chi connectivity index (χ1v) is 11.2. The molecule has 0 spiro atoms. The molecule has 1 N–H and O–H groups in total. The molecular formula is C21H26N2O3S. The third kappa shape index (κ3) is 3.82. The quantitative estimate of drug-likeness (QED) is 0.876. The Balaban J connectivity index is 1.37. The number of sulfone groups is 1. The molecule has 0 amide bonds. The van der Waals surface area contributed by atoms with E-state index in [2.05, 4.69) is 34.1 Å². The minimum atomic E-state index is -3.34. The van der Waals surface area contributed by atoms with Crippen molar-refractivity contribution in [2.75, 3.05) is 31.1 Å². The van der Waals surface area contributed by atoms with Crippen molar-refractivity contribution in [3.63, 3.8) is 0 Å². The lowest BCUT2D eigenvalue weighted by Crippen LogP contribution is -2.44. The van der Waals surface area contributed by atoms with Crippen LogP contribution in [0.15, 0.2) is 59.5 Å². The molecule has 2 aromatic carbocycles. The summed E-state index contributed by atoms with van der Waals surface area (Å²) in [6.07, 6.45) is 2.82. The van der Waals surface area contributed by atoms with Crippen molar-refractivity contribution in [2.24, 2.45) is 0 Å². The highest BCUT2D eigenvalue weighted by Crippen LogP contribution is 2.29. The average molecular weight is 387 g/mol. The number of aromatic hydroxyl groups is 1. The topological polar surface area (TPSA) is 60.9 Å². The largest absolute Gasteiger partial charge is 0.508 e. The van der Waals surface area contributed by atoms with Crippen LogP contribution in [-0.2, 0) is 9.84 Å². The summed E-state index contributed by atoms with van der Waals surface area (Å²) in [7, 11) is -3.34. The van der Waals surface area contributed by atoms with Crippen molar-refractivity contribution in [3.8, 4) is 5.75 Å². The smallest absolute Gasteiger partial charge is 0.182 e. The summed E-state index contributed by atoms with van der Waals surface area (Å²) in [6, 6.07) is 16.8. The highest BCUT2D eigenvalue weighted by Gasteiger charge is 2.37. The van der Waals surface area contributed by atoms with Gasteiger partial charge in [-0.1, -0.05) is 18.2 Å². The van der Waals surface area contributed by atoms with Gasteiger partial charge in [0.25, 0.3) is 0 Å². The highest BCUT2D eigenvalue weighted by molar-refractivity contribution is 7.92. The molecule has 0 bridgehead atoms. The van der Waals surface area contributed by atoms with Gasteiger partial charge >= 0.3 is 0 Å². The van der Waals surface area contributed by atoms with Crippen LogP contribution in [0.1, 0.15) is 19.3 Å². The number of hydrogen-bond donors (Lipinski definition) is 1. The summed E-state index contributed by atoms with van der Waals surface area (Å²) >= 11 is 0. The predicted molar refractivity (Wildman–Crippen MR) is 107 cm³/mol. The van der Waals surface area contributed by atoms with Crippen LogP contribution in [0.5, 0.6) is 5.75 Å². The van der Waals surface area contributed by atoms with Gasteiger partial charge < -0.3 is 10.0 Å². The summed E-state index contributed by atoms with van der Waals surface area (Å²) < 4.78 is 25.8. The van der Waals surface area contributed by atoms with Gasteiger partial charge in [-0.2, -0.15) is 0 Å². The van der Waals surface area contributed by atoms with E-state index in [-0.39, 0.29) is 11.0 Å². The Morgan fingerprint density at radius 3 is 2.19 bits per heavy atom. The van der Waals surface area contributed by atoms with E-state index >= 15 is 0 Å². The second-order valence-corrected chi connectivity index (χ2v) is 9.73. The number of likely N-dealkylation sites (tertiary alicyclic amines) is 1. The molecule has 2 heterocycles.